The number of nitrogens with zero attached hydrogens (tertiary/aromatic N) is 4. The summed E-state index contributed by atoms with van der Waals surface area (Å²) in [6.45, 7) is 0. The van der Waals surface area contributed by atoms with Crippen molar-refractivity contribution in [2.24, 2.45) is 0 Å². The Morgan fingerprint density at radius 2 is 0.714 bits per heavy atom. The van der Waals surface area contributed by atoms with E-state index in [1.54, 1.807) is 0 Å². The summed E-state index contributed by atoms with van der Waals surface area (Å²) in [6, 6.07) is 73.3. The van der Waals surface area contributed by atoms with Crippen LogP contribution in [0.2, 0.25) is 0 Å². The first kappa shape index (κ1) is 32.0. The molecule has 0 fully saturated rings. The second-order valence-electron chi connectivity index (χ2n) is 14.4. The van der Waals surface area contributed by atoms with Gasteiger partial charge in [-0.3, -0.25) is 0 Å². The molecule has 11 rings (SSSR count). The van der Waals surface area contributed by atoms with Gasteiger partial charge >= 0.3 is 0 Å². The number of aromatic nitrogens is 3. The number of benzene rings is 8. The van der Waals surface area contributed by atoms with Crippen LogP contribution in [-0.2, 0) is 5.41 Å². The lowest BCUT2D eigenvalue weighted by atomic mass is 9.64. The molecule has 0 atom stereocenters. The second kappa shape index (κ2) is 12.9. The second-order valence-corrected chi connectivity index (χ2v) is 14.4. The molecule has 0 bridgehead atoms. The van der Waals surface area contributed by atoms with Gasteiger partial charge in [-0.2, -0.15) is 0 Å². The molecular weight excluding hydrogens is 681 g/mol. The average Bonchev–Trinajstić information content (AvgIpc) is 3.57. The summed E-state index contributed by atoms with van der Waals surface area (Å²) in [5.74, 6) is 1.92. The van der Waals surface area contributed by atoms with Crippen molar-refractivity contribution in [1.82, 2.24) is 15.0 Å². The predicted molar refractivity (Wildman–Crippen MR) is 227 cm³/mol. The van der Waals surface area contributed by atoms with Crippen LogP contribution in [0.5, 0.6) is 0 Å². The van der Waals surface area contributed by atoms with Gasteiger partial charge in [0.2, 0.25) is 0 Å². The summed E-state index contributed by atoms with van der Waals surface area (Å²) in [5.41, 5.74) is 15.5. The maximum absolute atomic E-state index is 5.22. The first-order chi connectivity index (χ1) is 27.8. The van der Waals surface area contributed by atoms with Crippen LogP contribution in [0.15, 0.2) is 206 Å². The lowest BCUT2D eigenvalue weighted by Gasteiger charge is -2.45. The Morgan fingerprint density at radius 3 is 1.34 bits per heavy atom. The maximum atomic E-state index is 5.22. The van der Waals surface area contributed by atoms with Crippen molar-refractivity contribution in [1.29, 1.82) is 0 Å². The molecule has 2 heterocycles. The van der Waals surface area contributed by atoms with Gasteiger partial charge in [0.05, 0.1) is 16.8 Å². The molecule has 9 aromatic rings. The summed E-state index contributed by atoms with van der Waals surface area (Å²) in [7, 11) is 0. The Hall–Kier alpha value is -7.43. The molecule has 1 aliphatic carbocycles. The van der Waals surface area contributed by atoms with Crippen molar-refractivity contribution in [2.75, 3.05) is 4.90 Å². The zero-order chi connectivity index (χ0) is 37.1. The van der Waals surface area contributed by atoms with Gasteiger partial charge in [0, 0.05) is 22.4 Å². The molecule has 0 saturated heterocycles. The highest BCUT2D eigenvalue weighted by molar-refractivity contribution is 5.96. The van der Waals surface area contributed by atoms with E-state index < -0.39 is 5.41 Å². The van der Waals surface area contributed by atoms with Gasteiger partial charge in [0.25, 0.3) is 0 Å². The van der Waals surface area contributed by atoms with Gasteiger partial charge in [0.15, 0.2) is 17.5 Å². The van der Waals surface area contributed by atoms with Gasteiger partial charge in [-0.25, -0.2) is 15.0 Å². The van der Waals surface area contributed by atoms with Crippen molar-refractivity contribution in [2.45, 2.75) is 5.41 Å². The fourth-order valence-corrected chi connectivity index (χ4v) is 8.89. The van der Waals surface area contributed by atoms with Crippen molar-refractivity contribution in [3.8, 4) is 56.4 Å². The van der Waals surface area contributed by atoms with E-state index >= 15 is 0 Å². The van der Waals surface area contributed by atoms with Crippen molar-refractivity contribution in [3.63, 3.8) is 0 Å². The fraction of sp³-hybridized carbons (Fsp3) is 0.0192. The molecule has 0 amide bonds. The highest BCUT2D eigenvalue weighted by Gasteiger charge is 2.51. The smallest absolute Gasteiger partial charge is 0.164 e. The molecule has 8 aromatic carbocycles. The Labute approximate surface area is 326 Å². The molecular formula is C52H34N4. The highest BCUT2D eigenvalue weighted by atomic mass is 15.2. The summed E-state index contributed by atoms with van der Waals surface area (Å²) in [6.07, 6.45) is 0. The zero-order valence-corrected chi connectivity index (χ0v) is 30.4. The standard InChI is InChI=1S/C52H34N4/c1-4-16-35(17-5-1)36-28-30-38(31-29-36)50-53-49(37-18-6-2-7-19-37)54-51(55-50)39-32-33-42-41-22-10-11-23-43(41)52(46(42)34-39)44-24-12-14-26-47(44)56(40-20-8-3-9-21-40)48-27-15-13-25-45(48)52/h1-34H. The summed E-state index contributed by atoms with van der Waals surface area (Å²) < 4.78 is 0. The van der Waals surface area contributed by atoms with Crippen molar-refractivity contribution >= 4 is 17.1 Å². The monoisotopic (exact) mass is 714 g/mol. The number of anilines is 3. The van der Waals surface area contributed by atoms with E-state index in [9.17, 15) is 0 Å². The summed E-state index contributed by atoms with van der Waals surface area (Å²) >= 11 is 0. The first-order valence-electron chi connectivity index (χ1n) is 19.0. The minimum absolute atomic E-state index is 0.578. The van der Waals surface area contributed by atoms with Crippen LogP contribution in [0.4, 0.5) is 17.1 Å². The Morgan fingerprint density at radius 1 is 0.304 bits per heavy atom. The first-order valence-corrected chi connectivity index (χ1v) is 19.0. The largest absolute Gasteiger partial charge is 0.310 e. The quantitative estimate of drug-likeness (QED) is 0.178. The van der Waals surface area contributed by atoms with Crippen LogP contribution in [-0.4, -0.2) is 15.0 Å². The Bertz CT molecular complexity index is 2860. The van der Waals surface area contributed by atoms with E-state index in [0.717, 1.165) is 27.9 Å². The van der Waals surface area contributed by atoms with E-state index in [-0.39, 0.29) is 0 Å². The van der Waals surface area contributed by atoms with Crippen LogP contribution in [0.3, 0.4) is 0 Å². The SMILES string of the molecule is c1ccc(-c2ccc(-c3nc(-c4ccccc4)nc(-c4ccc5c(c4)C4(c6ccccc6-5)c5ccccc5N(c5ccccc5)c5ccccc54)n3)cc2)cc1. The van der Waals surface area contributed by atoms with Crippen molar-refractivity contribution in [3.05, 3.63) is 229 Å². The van der Waals surface area contributed by atoms with Crippen molar-refractivity contribution < 1.29 is 0 Å². The third-order valence-corrected chi connectivity index (χ3v) is 11.3. The van der Waals surface area contributed by atoms with Crippen LogP contribution in [0, 0.1) is 0 Å². The third kappa shape index (κ3) is 4.89. The van der Waals surface area contributed by atoms with E-state index in [0.29, 0.717) is 17.5 Å². The molecule has 0 saturated carbocycles. The molecule has 1 aliphatic heterocycles. The molecule has 262 valence electrons. The minimum Gasteiger partial charge on any atom is -0.310 e. The normalized spacial score (nSPS) is 13.1. The summed E-state index contributed by atoms with van der Waals surface area (Å²) in [5, 5.41) is 0. The fourth-order valence-electron chi connectivity index (χ4n) is 8.89. The van der Waals surface area contributed by atoms with Gasteiger partial charge in [-0.05, 0) is 74.8 Å². The molecule has 56 heavy (non-hydrogen) atoms. The molecule has 1 spiro atoms. The van der Waals surface area contributed by atoms with Crippen LogP contribution in [0.1, 0.15) is 22.3 Å². The number of hydrogen-bond acceptors (Lipinski definition) is 4. The van der Waals surface area contributed by atoms with Crippen LogP contribution >= 0.6 is 0 Å². The molecule has 2 aliphatic rings. The summed E-state index contributed by atoms with van der Waals surface area (Å²) in [4.78, 5) is 17.9. The zero-order valence-electron chi connectivity index (χ0n) is 30.4. The maximum Gasteiger partial charge on any atom is 0.164 e. The molecule has 0 N–H and O–H groups in total. The number of fused-ring (bicyclic) bond motifs is 9. The minimum atomic E-state index is -0.578. The highest BCUT2D eigenvalue weighted by Crippen LogP contribution is 2.63. The molecule has 0 unspecified atom stereocenters. The van der Waals surface area contributed by atoms with Gasteiger partial charge in [-0.1, -0.05) is 176 Å². The molecule has 4 heteroatoms. The number of para-hydroxylation sites is 3. The van der Waals surface area contributed by atoms with E-state index in [2.05, 4.69) is 187 Å². The van der Waals surface area contributed by atoms with E-state index in [1.807, 2.05) is 24.3 Å². The topological polar surface area (TPSA) is 41.9 Å². The van der Waals surface area contributed by atoms with Gasteiger partial charge in [-0.15, -0.1) is 0 Å². The van der Waals surface area contributed by atoms with Crippen LogP contribution in [0.25, 0.3) is 56.4 Å². The Kier molecular flexibility index (Phi) is 7.36. The van der Waals surface area contributed by atoms with Gasteiger partial charge < -0.3 is 4.90 Å². The van der Waals surface area contributed by atoms with E-state index in [4.69, 9.17) is 15.0 Å². The number of rotatable bonds is 5. The molecule has 4 nitrogen and oxygen atoms in total. The lowest BCUT2D eigenvalue weighted by molar-refractivity contribution is 0.753. The van der Waals surface area contributed by atoms with Gasteiger partial charge in [0.1, 0.15) is 0 Å². The Balaban J connectivity index is 1.14. The molecule has 0 radical (unpaired) electrons. The lowest BCUT2D eigenvalue weighted by Crippen LogP contribution is -2.36. The molecule has 1 aromatic heterocycles. The number of hydrogen-bond donors (Lipinski definition) is 0. The third-order valence-electron chi connectivity index (χ3n) is 11.3. The average molecular weight is 715 g/mol. The van der Waals surface area contributed by atoms with E-state index in [1.165, 1.54) is 50.3 Å². The van der Waals surface area contributed by atoms with Crippen LogP contribution < -0.4 is 4.90 Å². The predicted octanol–water partition coefficient (Wildman–Crippen LogP) is 12.7.